The number of ketones is 1. The Hall–Kier alpha value is -1.06. The number of hydrogen-bond donors (Lipinski definition) is 1. The van der Waals surface area contributed by atoms with E-state index < -0.39 is 0 Å². The molecule has 2 amide bonds. The van der Waals surface area contributed by atoms with E-state index in [1.54, 1.807) is 0 Å². The van der Waals surface area contributed by atoms with Gasteiger partial charge in [0.1, 0.15) is 5.78 Å². The third-order valence-electron chi connectivity index (χ3n) is 2.40. The molecule has 0 radical (unpaired) electrons. The van der Waals surface area contributed by atoms with Gasteiger partial charge in [-0.1, -0.05) is 0 Å². The second-order valence-electron chi connectivity index (χ2n) is 3.73. The van der Waals surface area contributed by atoms with Crippen LogP contribution < -0.4 is 5.32 Å². The van der Waals surface area contributed by atoms with Crippen LogP contribution in [-0.4, -0.2) is 36.3 Å². The zero-order valence-corrected chi connectivity index (χ0v) is 8.71. The number of carbonyl (C=O) groups excluding carboxylic acids is 2. The van der Waals surface area contributed by atoms with Crippen molar-refractivity contribution in [3.63, 3.8) is 0 Å². The summed E-state index contributed by atoms with van der Waals surface area (Å²) in [5, 5.41) is 2.75. The van der Waals surface area contributed by atoms with Crippen molar-refractivity contribution in [1.29, 1.82) is 0 Å². The topological polar surface area (TPSA) is 49.4 Å². The lowest BCUT2D eigenvalue weighted by atomic mass is 10.1. The minimum atomic E-state index is -0.0223. The fraction of sp³-hybridized carbons (Fsp3) is 0.800. The number of nitrogens with one attached hydrogen (secondary N) is 1. The summed E-state index contributed by atoms with van der Waals surface area (Å²) in [6.45, 7) is 3.70. The van der Waals surface area contributed by atoms with Crippen molar-refractivity contribution in [3.05, 3.63) is 0 Å². The summed E-state index contributed by atoms with van der Waals surface area (Å²) in [6.07, 6.45) is 3.84. The average Bonchev–Trinajstić information content (AvgIpc) is 2.18. The standard InChI is InChI=1S/C10H18N2O2/c1-9(13)5-6-11-10(14)12-7-3-2-4-8-12/h2-8H2,1H3,(H,11,14). The summed E-state index contributed by atoms with van der Waals surface area (Å²) >= 11 is 0. The fourth-order valence-corrected chi connectivity index (χ4v) is 1.55. The van der Waals surface area contributed by atoms with Crippen LogP contribution in [0.1, 0.15) is 32.6 Å². The average molecular weight is 198 g/mol. The molecule has 1 fully saturated rings. The van der Waals surface area contributed by atoms with Crippen molar-refractivity contribution in [3.8, 4) is 0 Å². The molecule has 0 aromatic carbocycles. The summed E-state index contributed by atoms with van der Waals surface area (Å²) < 4.78 is 0. The monoisotopic (exact) mass is 198 g/mol. The smallest absolute Gasteiger partial charge is 0.317 e. The van der Waals surface area contributed by atoms with E-state index in [9.17, 15) is 9.59 Å². The molecule has 1 heterocycles. The zero-order chi connectivity index (χ0) is 10.4. The van der Waals surface area contributed by atoms with Crippen molar-refractivity contribution < 1.29 is 9.59 Å². The first-order valence-electron chi connectivity index (χ1n) is 5.22. The largest absolute Gasteiger partial charge is 0.338 e. The van der Waals surface area contributed by atoms with Crippen LogP contribution in [0.5, 0.6) is 0 Å². The molecule has 0 bridgehead atoms. The molecular formula is C10H18N2O2. The van der Waals surface area contributed by atoms with E-state index in [1.165, 1.54) is 13.3 Å². The maximum Gasteiger partial charge on any atom is 0.317 e. The number of urea groups is 1. The predicted octanol–water partition coefficient (Wildman–Crippen LogP) is 1.16. The Morgan fingerprint density at radius 1 is 1.21 bits per heavy atom. The number of Topliss-reactive ketones (excluding diaryl/α,β-unsaturated/α-hetero) is 1. The minimum absolute atomic E-state index is 0.0223. The molecule has 0 aromatic rings. The van der Waals surface area contributed by atoms with Gasteiger partial charge in [0.2, 0.25) is 0 Å². The van der Waals surface area contributed by atoms with Crippen LogP contribution in [0.2, 0.25) is 0 Å². The van der Waals surface area contributed by atoms with E-state index in [-0.39, 0.29) is 11.8 Å². The Bertz CT molecular complexity index is 210. The third-order valence-corrected chi connectivity index (χ3v) is 2.40. The van der Waals surface area contributed by atoms with Gasteiger partial charge in [0, 0.05) is 26.1 Å². The van der Waals surface area contributed by atoms with Crippen molar-refractivity contribution in [2.24, 2.45) is 0 Å². The van der Waals surface area contributed by atoms with Crippen LogP contribution in [0, 0.1) is 0 Å². The van der Waals surface area contributed by atoms with Gasteiger partial charge < -0.3 is 10.2 Å². The number of carbonyl (C=O) groups is 2. The lowest BCUT2D eigenvalue weighted by Gasteiger charge is -2.26. The first-order valence-corrected chi connectivity index (χ1v) is 5.22. The molecule has 1 rings (SSSR count). The summed E-state index contributed by atoms with van der Waals surface area (Å²) in [4.78, 5) is 23.9. The van der Waals surface area contributed by atoms with Crippen LogP contribution in [0.3, 0.4) is 0 Å². The highest BCUT2D eigenvalue weighted by Crippen LogP contribution is 2.08. The van der Waals surface area contributed by atoms with Gasteiger partial charge in [-0.3, -0.25) is 4.79 Å². The molecule has 4 heteroatoms. The van der Waals surface area contributed by atoms with E-state index >= 15 is 0 Å². The van der Waals surface area contributed by atoms with Crippen molar-refractivity contribution in [2.45, 2.75) is 32.6 Å². The molecule has 1 aliphatic heterocycles. The van der Waals surface area contributed by atoms with E-state index in [0.29, 0.717) is 13.0 Å². The number of likely N-dealkylation sites (tertiary alicyclic amines) is 1. The molecule has 1 aliphatic rings. The van der Waals surface area contributed by atoms with Gasteiger partial charge in [-0.25, -0.2) is 4.79 Å². The maximum atomic E-state index is 11.5. The molecule has 1 saturated heterocycles. The molecule has 80 valence electrons. The second-order valence-corrected chi connectivity index (χ2v) is 3.73. The number of amides is 2. The highest BCUT2D eigenvalue weighted by atomic mass is 16.2. The van der Waals surface area contributed by atoms with Gasteiger partial charge in [0.05, 0.1) is 0 Å². The molecule has 0 unspecified atom stereocenters. The van der Waals surface area contributed by atoms with Gasteiger partial charge >= 0.3 is 6.03 Å². The molecule has 0 spiro atoms. The Morgan fingerprint density at radius 2 is 1.86 bits per heavy atom. The quantitative estimate of drug-likeness (QED) is 0.739. The highest BCUT2D eigenvalue weighted by molar-refractivity contribution is 5.77. The van der Waals surface area contributed by atoms with Crippen molar-refractivity contribution >= 4 is 11.8 Å². The lowest BCUT2D eigenvalue weighted by molar-refractivity contribution is -0.116. The van der Waals surface area contributed by atoms with Crippen LogP contribution in [0.4, 0.5) is 4.79 Å². The summed E-state index contributed by atoms with van der Waals surface area (Å²) in [5.41, 5.74) is 0. The minimum Gasteiger partial charge on any atom is -0.338 e. The van der Waals surface area contributed by atoms with Gasteiger partial charge in [0.15, 0.2) is 0 Å². The molecule has 0 aliphatic carbocycles. The predicted molar refractivity (Wildman–Crippen MR) is 54.1 cm³/mol. The first-order chi connectivity index (χ1) is 6.70. The molecule has 0 aromatic heterocycles. The number of rotatable bonds is 3. The zero-order valence-electron chi connectivity index (χ0n) is 8.71. The maximum absolute atomic E-state index is 11.5. The van der Waals surface area contributed by atoms with Crippen LogP contribution in [0.25, 0.3) is 0 Å². The Morgan fingerprint density at radius 3 is 2.43 bits per heavy atom. The Labute approximate surface area is 84.7 Å². The molecule has 0 atom stereocenters. The van der Waals surface area contributed by atoms with Gasteiger partial charge in [-0.2, -0.15) is 0 Å². The summed E-state index contributed by atoms with van der Waals surface area (Å²) in [6, 6.07) is -0.0223. The SMILES string of the molecule is CC(=O)CCNC(=O)N1CCCCC1. The second kappa shape index (κ2) is 5.62. The highest BCUT2D eigenvalue weighted by Gasteiger charge is 2.15. The first kappa shape index (κ1) is 11.0. The molecule has 14 heavy (non-hydrogen) atoms. The summed E-state index contributed by atoms with van der Waals surface area (Å²) in [7, 11) is 0. The fourth-order valence-electron chi connectivity index (χ4n) is 1.55. The van der Waals surface area contributed by atoms with Gasteiger partial charge in [0.25, 0.3) is 0 Å². The lowest BCUT2D eigenvalue weighted by Crippen LogP contribution is -2.43. The normalized spacial score (nSPS) is 16.5. The Kier molecular flexibility index (Phi) is 4.43. The number of nitrogens with zero attached hydrogens (tertiary/aromatic N) is 1. The number of piperidine rings is 1. The van der Waals surface area contributed by atoms with E-state index in [1.807, 2.05) is 4.90 Å². The summed E-state index contributed by atoms with van der Waals surface area (Å²) in [5.74, 6) is 0.115. The number of hydrogen-bond acceptors (Lipinski definition) is 2. The third kappa shape index (κ3) is 3.77. The van der Waals surface area contributed by atoms with E-state index in [2.05, 4.69) is 5.32 Å². The molecule has 4 nitrogen and oxygen atoms in total. The molecular weight excluding hydrogens is 180 g/mol. The van der Waals surface area contributed by atoms with Crippen LogP contribution >= 0.6 is 0 Å². The van der Waals surface area contributed by atoms with Gasteiger partial charge in [-0.05, 0) is 26.2 Å². The van der Waals surface area contributed by atoms with Crippen molar-refractivity contribution in [2.75, 3.05) is 19.6 Å². The van der Waals surface area contributed by atoms with Crippen LogP contribution in [-0.2, 0) is 4.79 Å². The van der Waals surface area contributed by atoms with Gasteiger partial charge in [-0.15, -0.1) is 0 Å². The molecule has 1 N–H and O–H groups in total. The molecule has 0 saturated carbocycles. The van der Waals surface area contributed by atoms with Crippen molar-refractivity contribution in [1.82, 2.24) is 10.2 Å². The van der Waals surface area contributed by atoms with Crippen LogP contribution in [0.15, 0.2) is 0 Å². The van der Waals surface area contributed by atoms with E-state index in [4.69, 9.17) is 0 Å². The Balaban J connectivity index is 2.16. The van der Waals surface area contributed by atoms with E-state index in [0.717, 1.165) is 25.9 Å².